The highest BCUT2D eigenvalue weighted by Crippen LogP contribution is 2.30. The molecule has 0 aromatic rings. The normalized spacial score (nSPS) is 21.9. The highest BCUT2D eigenvalue weighted by molar-refractivity contribution is 7.93. The Kier molecular flexibility index (Phi) is 8.61. The standard InChI is InChI=1S/C20H33ClN4O2S/c1-8-17(11-10-14(3)20(6,7)13-22)28(26,27)24-16(5)25-19(18(21)9-2)12-15(4)23-25/h8,15,18-19,23-24H,3,5,9-12H2,1-2,4,6-7H3/b17-8+/t15-,18-,19-/m0/s1. The van der Waals surface area contributed by atoms with Crippen molar-refractivity contribution in [3.8, 4) is 6.07 Å². The molecule has 3 atom stereocenters. The van der Waals surface area contributed by atoms with Crippen LogP contribution in [0.2, 0.25) is 0 Å². The molecule has 0 unspecified atom stereocenters. The van der Waals surface area contributed by atoms with Gasteiger partial charge in [0.2, 0.25) is 0 Å². The summed E-state index contributed by atoms with van der Waals surface area (Å²) in [7, 11) is -3.77. The van der Waals surface area contributed by atoms with Gasteiger partial charge in [0, 0.05) is 6.04 Å². The van der Waals surface area contributed by atoms with E-state index in [1.54, 1.807) is 31.9 Å². The molecule has 1 rings (SSSR count). The topological polar surface area (TPSA) is 85.2 Å². The first-order valence-corrected chi connectivity index (χ1v) is 11.5. The summed E-state index contributed by atoms with van der Waals surface area (Å²) in [6, 6.07) is 2.33. The molecule has 1 heterocycles. The number of nitriles is 1. The summed E-state index contributed by atoms with van der Waals surface area (Å²) in [5.41, 5.74) is 3.23. The SMILES string of the molecule is C=C(NS(=O)(=O)/C(=C/C)CCC(=C)C(C)(C)C#N)N1N[C@@H](C)C[C@H]1[C@@H](Cl)CC. The fourth-order valence-corrected chi connectivity index (χ4v) is 4.52. The third-order valence-electron chi connectivity index (χ3n) is 5.14. The summed E-state index contributed by atoms with van der Waals surface area (Å²) in [5, 5.41) is 10.8. The maximum absolute atomic E-state index is 12.9. The second-order valence-electron chi connectivity index (χ2n) is 7.77. The van der Waals surface area contributed by atoms with Gasteiger partial charge in [-0.05, 0) is 53.4 Å². The Morgan fingerprint density at radius 1 is 1.46 bits per heavy atom. The van der Waals surface area contributed by atoms with Crippen LogP contribution in [0.25, 0.3) is 0 Å². The van der Waals surface area contributed by atoms with Gasteiger partial charge in [-0.1, -0.05) is 31.7 Å². The van der Waals surface area contributed by atoms with Crippen molar-refractivity contribution in [2.24, 2.45) is 5.41 Å². The lowest BCUT2D eigenvalue weighted by atomic mass is 9.84. The molecule has 6 nitrogen and oxygen atoms in total. The lowest BCUT2D eigenvalue weighted by Crippen LogP contribution is -2.46. The Morgan fingerprint density at radius 3 is 2.57 bits per heavy atom. The van der Waals surface area contributed by atoms with E-state index in [0.29, 0.717) is 12.0 Å². The van der Waals surface area contributed by atoms with E-state index >= 15 is 0 Å². The van der Waals surface area contributed by atoms with Crippen LogP contribution in [0.15, 0.2) is 35.5 Å². The molecule has 0 bridgehead atoms. The molecule has 0 saturated carbocycles. The number of alkyl halides is 1. The second-order valence-corrected chi connectivity index (χ2v) is 10.1. The predicted molar refractivity (Wildman–Crippen MR) is 115 cm³/mol. The van der Waals surface area contributed by atoms with Crippen LogP contribution < -0.4 is 10.1 Å². The van der Waals surface area contributed by atoms with Gasteiger partial charge in [0.05, 0.1) is 27.8 Å². The van der Waals surface area contributed by atoms with E-state index in [2.05, 4.69) is 29.4 Å². The Morgan fingerprint density at radius 2 is 2.07 bits per heavy atom. The van der Waals surface area contributed by atoms with Gasteiger partial charge in [-0.15, -0.1) is 11.6 Å². The lowest BCUT2D eigenvalue weighted by molar-refractivity contribution is 0.225. The molecule has 0 aromatic heterocycles. The van der Waals surface area contributed by atoms with Crippen molar-refractivity contribution in [2.45, 2.75) is 77.8 Å². The largest absolute Gasteiger partial charge is 0.289 e. The Labute approximate surface area is 175 Å². The summed E-state index contributed by atoms with van der Waals surface area (Å²) >= 11 is 6.43. The van der Waals surface area contributed by atoms with Crippen LogP contribution in [-0.2, 0) is 10.0 Å². The van der Waals surface area contributed by atoms with Crippen LogP contribution in [-0.4, -0.2) is 30.9 Å². The molecule has 1 aliphatic heterocycles. The first-order chi connectivity index (χ1) is 12.9. The maximum Gasteiger partial charge on any atom is 0.258 e. The number of nitrogens with zero attached hydrogens (tertiary/aromatic N) is 2. The molecule has 1 saturated heterocycles. The number of rotatable bonds is 10. The zero-order valence-electron chi connectivity index (χ0n) is 17.5. The molecule has 1 aliphatic rings. The molecular weight excluding hydrogens is 396 g/mol. The smallest absolute Gasteiger partial charge is 0.258 e. The van der Waals surface area contributed by atoms with E-state index < -0.39 is 15.4 Å². The fraction of sp³-hybridized carbons (Fsp3) is 0.650. The molecule has 28 heavy (non-hydrogen) atoms. The van der Waals surface area contributed by atoms with Gasteiger partial charge in [-0.2, -0.15) is 5.26 Å². The van der Waals surface area contributed by atoms with Crippen molar-refractivity contribution in [3.05, 3.63) is 35.5 Å². The van der Waals surface area contributed by atoms with Gasteiger partial charge in [0.15, 0.2) is 0 Å². The number of sulfonamides is 1. The second kappa shape index (κ2) is 9.82. The first kappa shape index (κ1) is 24.5. The molecule has 0 radical (unpaired) electrons. The van der Waals surface area contributed by atoms with Crippen LogP contribution in [0.3, 0.4) is 0 Å². The van der Waals surface area contributed by atoms with Crippen LogP contribution >= 0.6 is 11.6 Å². The van der Waals surface area contributed by atoms with Gasteiger partial charge in [-0.25, -0.2) is 13.8 Å². The minimum atomic E-state index is -3.77. The number of allylic oxidation sites excluding steroid dienone is 3. The van der Waals surface area contributed by atoms with Gasteiger partial charge in [0.1, 0.15) is 5.82 Å². The quantitative estimate of drug-likeness (QED) is 0.403. The van der Waals surface area contributed by atoms with Crippen molar-refractivity contribution >= 4 is 21.6 Å². The summed E-state index contributed by atoms with van der Waals surface area (Å²) < 4.78 is 28.3. The van der Waals surface area contributed by atoms with E-state index in [9.17, 15) is 13.7 Å². The van der Waals surface area contributed by atoms with Crippen LogP contribution in [0.1, 0.15) is 60.3 Å². The highest BCUT2D eigenvalue weighted by Gasteiger charge is 2.36. The van der Waals surface area contributed by atoms with Crippen molar-refractivity contribution < 1.29 is 8.42 Å². The summed E-state index contributed by atoms with van der Waals surface area (Å²) in [6.07, 6.45) is 3.82. The first-order valence-electron chi connectivity index (χ1n) is 9.55. The molecular formula is C20H33ClN4O2S. The Bertz CT molecular complexity index is 768. The zero-order chi connectivity index (χ0) is 21.7. The van der Waals surface area contributed by atoms with Gasteiger partial charge in [-0.3, -0.25) is 9.73 Å². The average molecular weight is 429 g/mol. The third kappa shape index (κ3) is 6.00. The van der Waals surface area contributed by atoms with Crippen molar-refractivity contribution in [2.75, 3.05) is 0 Å². The van der Waals surface area contributed by atoms with E-state index in [-0.39, 0.29) is 34.6 Å². The summed E-state index contributed by atoms with van der Waals surface area (Å²) in [4.78, 5) is 0.241. The van der Waals surface area contributed by atoms with Crippen molar-refractivity contribution in [3.63, 3.8) is 0 Å². The molecule has 0 aliphatic carbocycles. The van der Waals surface area contributed by atoms with Gasteiger partial charge >= 0.3 is 0 Å². The van der Waals surface area contributed by atoms with Crippen LogP contribution in [0.4, 0.5) is 0 Å². The van der Waals surface area contributed by atoms with Crippen molar-refractivity contribution in [1.29, 1.82) is 5.26 Å². The molecule has 2 N–H and O–H groups in total. The van der Waals surface area contributed by atoms with E-state index in [0.717, 1.165) is 12.8 Å². The van der Waals surface area contributed by atoms with E-state index in [1.807, 2.05) is 13.8 Å². The average Bonchev–Trinajstić information content (AvgIpc) is 3.02. The third-order valence-corrected chi connectivity index (χ3v) is 7.37. The minimum absolute atomic E-state index is 0.0397. The van der Waals surface area contributed by atoms with E-state index in [4.69, 9.17) is 11.6 Å². The van der Waals surface area contributed by atoms with Crippen molar-refractivity contribution in [1.82, 2.24) is 15.2 Å². The highest BCUT2D eigenvalue weighted by atomic mass is 35.5. The Hall–Kier alpha value is -1.49. The van der Waals surface area contributed by atoms with Crippen LogP contribution in [0.5, 0.6) is 0 Å². The molecule has 0 spiro atoms. The monoisotopic (exact) mass is 428 g/mol. The fourth-order valence-electron chi connectivity index (χ4n) is 3.08. The predicted octanol–water partition coefficient (Wildman–Crippen LogP) is 4.15. The number of hydrazine groups is 1. The lowest BCUT2D eigenvalue weighted by Gasteiger charge is -2.31. The number of halogens is 1. The summed E-state index contributed by atoms with van der Waals surface area (Å²) in [5.74, 6) is 0.254. The number of hydrogen-bond donors (Lipinski definition) is 2. The molecule has 0 aromatic carbocycles. The molecule has 8 heteroatoms. The number of hydrogen-bond acceptors (Lipinski definition) is 5. The van der Waals surface area contributed by atoms with Gasteiger partial charge in [0.25, 0.3) is 10.0 Å². The minimum Gasteiger partial charge on any atom is -0.289 e. The van der Waals surface area contributed by atoms with Gasteiger partial charge < -0.3 is 0 Å². The number of nitrogens with one attached hydrogen (secondary N) is 2. The van der Waals surface area contributed by atoms with Crippen LogP contribution in [0, 0.1) is 16.7 Å². The Balaban J connectivity index is 2.86. The summed E-state index contributed by atoms with van der Waals surface area (Å²) in [6.45, 7) is 17.1. The zero-order valence-corrected chi connectivity index (χ0v) is 19.1. The van der Waals surface area contributed by atoms with E-state index in [1.165, 1.54) is 0 Å². The molecule has 1 fully saturated rings. The molecule has 158 valence electrons. The maximum atomic E-state index is 12.9. The molecule has 0 amide bonds.